The van der Waals surface area contributed by atoms with Crippen molar-refractivity contribution in [2.45, 2.75) is 24.5 Å². The van der Waals surface area contributed by atoms with E-state index in [0.29, 0.717) is 35.8 Å². The highest BCUT2D eigenvalue weighted by atomic mass is 16.5. The second-order valence-electron chi connectivity index (χ2n) is 8.82. The van der Waals surface area contributed by atoms with Gasteiger partial charge in [-0.05, 0) is 43.2 Å². The standard InChI is InChI=1S/C27H26N2O6/c1-3-14-34-18-12-10-17(11-13-18)23(30)22-24(31)25(32)29(16-19-7-6-15-35-19)27(22)20-8-4-5-9-21(20)28(2)26(27)33/h3-5,8-13,19,30H,1,6-7,14-16H2,2H3/b23-22+. The normalized spacial score (nSPS) is 24.9. The van der Waals surface area contributed by atoms with Gasteiger partial charge in [-0.1, -0.05) is 30.9 Å². The summed E-state index contributed by atoms with van der Waals surface area (Å²) in [4.78, 5) is 43.6. The summed E-state index contributed by atoms with van der Waals surface area (Å²) in [6.07, 6.45) is 2.88. The number of aliphatic hydroxyl groups is 1. The molecule has 2 atom stereocenters. The van der Waals surface area contributed by atoms with E-state index < -0.39 is 28.9 Å². The number of ether oxygens (including phenoxy) is 2. The molecule has 2 unspecified atom stereocenters. The summed E-state index contributed by atoms with van der Waals surface area (Å²) in [5, 5.41) is 11.4. The molecule has 3 aliphatic rings. The molecule has 180 valence electrons. The van der Waals surface area contributed by atoms with E-state index in [1.807, 2.05) is 0 Å². The highest BCUT2D eigenvalue weighted by molar-refractivity contribution is 6.50. The molecule has 2 amide bonds. The summed E-state index contributed by atoms with van der Waals surface area (Å²) in [6.45, 7) is 4.57. The number of likely N-dealkylation sites (tertiary alicyclic amines) is 1. The van der Waals surface area contributed by atoms with Crippen molar-refractivity contribution in [3.63, 3.8) is 0 Å². The van der Waals surface area contributed by atoms with Crippen LogP contribution < -0.4 is 9.64 Å². The van der Waals surface area contributed by atoms with Crippen molar-refractivity contribution in [3.8, 4) is 5.75 Å². The molecule has 1 N–H and O–H groups in total. The van der Waals surface area contributed by atoms with Crippen LogP contribution in [-0.4, -0.2) is 60.5 Å². The van der Waals surface area contributed by atoms with E-state index in [0.717, 1.165) is 12.8 Å². The number of rotatable bonds is 6. The average Bonchev–Trinajstić information content (AvgIpc) is 3.53. The summed E-state index contributed by atoms with van der Waals surface area (Å²) in [6, 6.07) is 13.5. The first-order chi connectivity index (χ1) is 16.9. The topological polar surface area (TPSA) is 96.4 Å². The van der Waals surface area contributed by atoms with Crippen LogP contribution in [0.25, 0.3) is 5.76 Å². The van der Waals surface area contributed by atoms with Crippen LogP contribution in [-0.2, 0) is 24.7 Å². The molecule has 0 aromatic heterocycles. The number of anilines is 1. The van der Waals surface area contributed by atoms with Gasteiger partial charge in [0.1, 0.15) is 18.1 Å². The van der Waals surface area contributed by atoms with E-state index in [9.17, 15) is 19.5 Å². The second kappa shape index (κ2) is 8.70. The molecule has 35 heavy (non-hydrogen) atoms. The Hall–Kier alpha value is -3.91. The van der Waals surface area contributed by atoms with Crippen LogP contribution in [0.15, 0.2) is 66.8 Å². The van der Waals surface area contributed by atoms with Crippen molar-refractivity contribution in [3.05, 3.63) is 77.9 Å². The Morgan fingerprint density at radius 1 is 1.20 bits per heavy atom. The van der Waals surface area contributed by atoms with Gasteiger partial charge in [-0.25, -0.2) is 0 Å². The molecule has 2 aromatic rings. The zero-order valence-electron chi connectivity index (χ0n) is 19.4. The third kappa shape index (κ3) is 3.36. The van der Waals surface area contributed by atoms with E-state index in [1.165, 1.54) is 9.80 Å². The number of fused-ring (bicyclic) bond motifs is 2. The molecule has 2 fully saturated rings. The van der Waals surface area contributed by atoms with Crippen LogP contribution in [0.5, 0.6) is 5.75 Å². The molecule has 0 aliphatic carbocycles. The van der Waals surface area contributed by atoms with E-state index >= 15 is 0 Å². The predicted molar refractivity (Wildman–Crippen MR) is 129 cm³/mol. The molecular formula is C27H26N2O6. The maximum Gasteiger partial charge on any atom is 0.296 e. The summed E-state index contributed by atoms with van der Waals surface area (Å²) >= 11 is 0. The summed E-state index contributed by atoms with van der Waals surface area (Å²) in [5.41, 5.74) is -0.645. The lowest BCUT2D eigenvalue weighted by Crippen LogP contribution is -2.53. The van der Waals surface area contributed by atoms with E-state index in [4.69, 9.17) is 9.47 Å². The third-order valence-electron chi connectivity index (χ3n) is 6.85. The quantitative estimate of drug-likeness (QED) is 0.299. The van der Waals surface area contributed by atoms with Gasteiger partial charge in [0.2, 0.25) is 0 Å². The summed E-state index contributed by atoms with van der Waals surface area (Å²) in [7, 11) is 1.61. The van der Waals surface area contributed by atoms with Crippen LogP contribution in [0.4, 0.5) is 5.69 Å². The highest BCUT2D eigenvalue weighted by Gasteiger charge is 2.66. The van der Waals surface area contributed by atoms with Gasteiger partial charge in [0.25, 0.3) is 17.6 Å². The average molecular weight is 475 g/mol. The maximum absolute atomic E-state index is 13.9. The van der Waals surface area contributed by atoms with Crippen LogP contribution in [0.1, 0.15) is 24.0 Å². The van der Waals surface area contributed by atoms with Crippen molar-refractivity contribution in [1.82, 2.24) is 4.90 Å². The fourth-order valence-electron chi connectivity index (χ4n) is 5.22. The lowest BCUT2D eigenvalue weighted by Gasteiger charge is -2.35. The van der Waals surface area contributed by atoms with Gasteiger partial charge < -0.3 is 24.4 Å². The first-order valence-electron chi connectivity index (χ1n) is 11.5. The largest absolute Gasteiger partial charge is 0.507 e. The lowest BCUT2D eigenvalue weighted by atomic mass is 9.81. The van der Waals surface area contributed by atoms with Crippen LogP contribution in [0.3, 0.4) is 0 Å². The van der Waals surface area contributed by atoms with E-state index in [1.54, 1.807) is 61.7 Å². The Balaban J connectivity index is 1.70. The van der Waals surface area contributed by atoms with Gasteiger partial charge >= 0.3 is 0 Å². The van der Waals surface area contributed by atoms with Crippen molar-refractivity contribution in [1.29, 1.82) is 0 Å². The number of benzene rings is 2. The summed E-state index contributed by atoms with van der Waals surface area (Å²) < 4.78 is 11.2. The van der Waals surface area contributed by atoms with Crippen LogP contribution in [0.2, 0.25) is 0 Å². The molecule has 8 nitrogen and oxygen atoms in total. The van der Waals surface area contributed by atoms with Crippen LogP contribution >= 0.6 is 0 Å². The highest BCUT2D eigenvalue weighted by Crippen LogP contribution is 2.53. The van der Waals surface area contributed by atoms with Crippen molar-refractivity contribution >= 4 is 29.0 Å². The molecular weight excluding hydrogens is 448 g/mol. The van der Waals surface area contributed by atoms with Gasteiger partial charge in [-0.2, -0.15) is 0 Å². The number of carbonyl (C=O) groups excluding carboxylic acids is 3. The number of ketones is 1. The zero-order chi connectivity index (χ0) is 24.7. The first-order valence-corrected chi connectivity index (χ1v) is 11.5. The Morgan fingerprint density at radius 3 is 2.63 bits per heavy atom. The number of nitrogens with zero attached hydrogens (tertiary/aromatic N) is 2. The smallest absolute Gasteiger partial charge is 0.296 e. The predicted octanol–water partition coefficient (Wildman–Crippen LogP) is 2.98. The number of carbonyl (C=O) groups is 3. The molecule has 8 heteroatoms. The third-order valence-corrected chi connectivity index (χ3v) is 6.85. The maximum atomic E-state index is 13.9. The van der Waals surface area contributed by atoms with Gasteiger partial charge in [-0.15, -0.1) is 0 Å². The molecule has 2 saturated heterocycles. The Bertz CT molecular complexity index is 1240. The number of hydrogen-bond donors (Lipinski definition) is 1. The molecule has 0 radical (unpaired) electrons. The molecule has 0 bridgehead atoms. The van der Waals surface area contributed by atoms with Gasteiger partial charge in [0.15, 0.2) is 5.54 Å². The van der Waals surface area contributed by atoms with Gasteiger partial charge in [0.05, 0.1) is 11.7 Å². The van der Waals surface area contributed by atoms with Gasteiger partial charge in [-0.3, -0.25) is 14.4 Å². The molecule has 5 rings (SSSR count). The SMILES string of the molecule is C=CCOc1ccc(/C(O)=C2/C(=O)C(=O)N(CC3CCCO3)C23C(=O)N(C)c2ccccc23)cc1. The Labute approximate surface area is 203 Å². The number of Topliss-reactive ketones (excluding diaryl/α,β-unsaturated/α-hetero) is 1. The van der Waals surface area contributed by atoms with Crippen molar-refractivity contribution < 1.29 is 29.0 Å². The molecule has 3 aliphatic heterocycles. The fraction of sp³-hybridized carbons (Fsp3) is 0.296. The van der Waals surface area contributed by atoms with Crippen LogP contribution in [0, 0.1) is 0 Å². The van der Waals surface area contributed by atoms with Gasteiger partial charge in [0, 0.05) is 37.0 Å². The monoisotopic (exact) mass is 474 g/mol. The number of hydrogen-bond acceptors (Lipinski definition) is 6. The van der Waals surface area contributed by atoms with E-state index in [-0.39, 0.29) is 18.2 Å². The minimum absolute atomic E-state index is 0.0730. The summed E-state index contributed by atoms with van der Waals surface area (Å²) in [5.74, 6) is -2.05. The fourth-order valence-corrected chi connectivity index (χ4v) is 5.22. The molecule has 1 spiro atoms. The molecule has 3 heterocycles. The lowest BCUT2D eigenvalue weighted by molar-refractivity contribution is -0.145. The number of para-hydroxylation sites is 1. The zero-order valence-corrected chi connectivity index (χ0v) is 19.4. The Kier molecular flexibility index (Phi) is 5.68. The van der Waals surface area contributed by atoms with E-state index in [2.05, 4.69) is 6.58 Å². The minimum Gasteiger partial charge on any atom is -0.507 e. The van der Waals surface area contributed by atoms with Crippen molar-refractivity contribution in [2.75, 3.05) is 31.7 Å². The first kappa shape index (κ1) is 22.9. The Morgan fingerprint density at radius 2 is 1.94 bits per heavy atom. The second-order valence-corrected chi connectivity index (χ2v) is 8.82. The number of amides is 2. The minimum atomic E-state index is -1.77. The number of likely N-dealkylation sites (N-methyl/N-ethyl adjacent to an activating group) is 1. The molecule has 0 saturated carbocycles. The molecule has 2 aromatic carbocycles. The number of aliphatic hydroxyl groups excluding tert-OH is 1. The van der Waals surface area contributed by atoms with Crippen molar-refractivity contribution in [2.24, 2.45) is 0 Å².